The third-order valence-corrected chi connectivity index (χ3v) is 3.81. The third kappa shape index (κ3) is 4.34. The maximum absolute atomic E-state index is 12.1. The Kier molecular flexibility index (Phi) is 6.05. The van der Waals surface area contributed by atoms with Gasteiger partial charge in [0.05, 0.1) is 6.10 Å². The first-order valence-corrected chi connectivity index (χ1v) is 7.69. The molecule has 5 nitrogen and oxygen atoms in total. The Hall–Kier alpha value is -1.36. The number of hydrogen-bond acceptors (Lipinski definition) is 3. The van der Waals surface area contributed by atoms with E-state index in [2.05, 4.69) is 10.4 Å². The minimum atomic E-state index is -0.208. The van der Waals surface area contributed by atoms with Crippen molar-refractivity contribution in [1.29, 1.82) is 0 Å². The maximum Gasteiger partial charge on any atom is 0.244 e. The Bertz CT molecular complexity index is 386. The van der Waals surface area contributed by atoms with Crippen LogP contribution < -0.4 is 5.32 Å². The lowest BCUT2D eigenvalue weighted by atomic mass is 10.2. The van der Waals surface area contributed by atoms with Crippen LogP contribution in [0.5, 0.6) is 0 Å². The second kappa shape index (κ2) is 8.04. The minimum Gasteiger partial charge on any atom is -0.378 e. The van der Waals surface area contributed by atoms with Gasteiger partial charge in [0.25, 0.3) is 0 Å². The summed E-state index contributed by atoms with van der Waals surface area (Å²) >= 11 is 0. The van der Waals surface area contributed by atoms with Gasteiger partial charge < -0.3 is 10.1 Å². The van der Waals surface area contributed by atoms with Crippen LogP contribution >= 0.6 is 0 Å². The van der Waals surface area contributed by atoms with Crippen LogP contribution in [-0.2, 0) is 9.53 Å². The van der Waals surface area contributed by atoms with E-state index < -0.39 is 0 Å². The van der Waals surface area contributed by atoms with Crippen molar-refractivity contribution in [3.63, 3.8) is 0 Å². The largest absolute Gasteiger partial charge is 0.378 e. The molecule has 0 saturated heterocycles. The fourth-order valence-electron chi connectivity index (χ4n) is 2.66. The van der Waals surface area contributed by atoms with E-state index in [1.807, 2.05) is 19.2 Å². The molecule has 1 atom stereocenters. The van der Waals surface area contributed by atoms with E-state index in [4.69, 9.17) is 4.74 Å². The molecule has 0 bridgehead atoms. The van der Waals surface area contributed by atoms with Crippen LogP contribution in [0.2, 0.25) is 0 Å². The van der Waals surface area contributed by atoms with Crippen molar-refractivity contribution in [2.75, 3.05) is 13.2 Å². The highest BCUT2D eigenvalue weighted by Crippen LogP contribution is 2.20. The summed E-state index contributed by atoms with van der Waals surface area (Å²) in [7, 11) is 0. The average Bonchev–Trinajstić information content (AvgIpc) is 3.12. The van der Waals surface area contributed by atoms with Gasteiger partial charge in [-0.15, -0.1) is 0 Å². The normalized spacial score (nSPS) is 17.2. The smallest absolute Gasteiger partial charge is 0.244 e. The lowest BCUT2D eigenvalue weighted by Gasteiger charge is -2.16. The average molecular weight is 279 g/mol. The van der Waals surface area contributed by atoms with Crippen molar-refractivity contribution in [3.8, 4) is 0 Å². The van der Waals surface area contributed by atoms with Gasteiger partial charge in [0.2, 0.25) is 5.91 Å². The minimum absolute atomic E-state index is 0.0390. The predicted molar refractivity (Wildman–Crippen MR) is 77.4 cm³/mol. The fourth-order valence-corrected chi connectivity index (χ4v) is 2.66. The van der Waals surface area contributed by atoms with Gasteiger partial charge in [0, 0.05) is 25.5 Å². The van der Waals surface area contributed by atoms with Gasteiger partial charge in [-0.05, 0) is 31.7 Å². The number of amides is 1. The Labute approximate surface area is 120 Å². The molecule has 5 heteroatoms. The SMILES string of the molecule is CC[C@@H](C(=O)NCCCOC1CCCC1)n1cccn1. The highest BCUT2D eigenvalue weighted by molar-refractivity contribution is 5.80. The number of nitrogens with one attached hydrogen (secondary N) is 1. The summed E-state index contributed by atoms with van der Waals surface area (Å²) < 4.78 is 7.49. The maximum atomic E-state index is 12.1. The molecule has 112 valence electrons. The standard InChI is InChI=1S/C15H25N3O2/c1-2-14(18-11-5-10-17-18)15(19)16-9-6-12-20-13-7-3-4-8-13/h5,10-11,13-14H,2-4,6-9,12H2,1H3,(H,16,19)/t14-/m0/s1. The highest BCUT2D eigenvalue weighted by Gasteiger charge is 2.18. The Balaban J connectivity index is 1.61. The van der Waals surface area contributed by atoms with Crippen molar-refractivity contribution in [2.45, 2.75) is 57.6 Å². The van der Waals surface area contributed by atoms with Crippen LogP contribution in [0, 0.1) is 0 Å². The monoisotopic (exact) mass is 279 g/mol. The van der Waals surface area contributed by atoms with Crippen LogP contribution in [0.4, 0.5) is 0 Å². The number of ether oxygens (including phenoxy) is 1. The molecule has 1 saturated carbocycles. The first kappa shape index (κ1) is 15.0. The van der Waals surface area contributed by atoms with E-state index in [-0.39, 0.29) is 11.9 Å². The molecule has 1 N–H and O–H groups in total. The third-order valence-electron chi connectivity index (χ3n) is 3.81. The molecule has 0 aliphatic heterocycles. The summed E-state index contributed by atoms with van der Waals surface area (Å²) in [5.74, 6) is 0.0390. The molecular weight excluding hydrogens is 254 g/mol. The second-order valence-electron chi connectivity index (χ2n) is 5.33. The molecule has 0 unspecified atom stereocenters. The number of nitrogens with zero attached hydrogens (tertiary/aromatic N) is 2. The van der Waals surface area contributed by atoms with Gasteiger partial charge in [-0.3, -0.25) is 9.48 Å². The quantitative estimate of drug-likeness (QED) is 0.743. The molecule has 1 aliphatic carbocycles. The fraction of sp³-hybridized carbons (Fsp3) is 0.733. The lowest BCUT2D eigenvalue weighted by Crippen LogP contribution is -2.33. The zero-order valence-corrected chi connectivity index (χ0v) is 12.3. The first-order valence-electron chi connectivity index (χ1n) is 7.69. The van der Waals surface area contributed by atoms with Crippen molar-refractivity contribution >= 4 is 5.91 Å². The Morgan fingerprint density at radius 2 is 2.30 bits per heavy atom. The van der Waals surface area contributed by atoms with Crippen molar-refractivity contribution in [3.05, 3.63) is 18.5 Å². The molecule has 0 radical (unpaired) electrons. The van der Waals surface area contributed by atoms with E-state index >= 15 is 0 Å². The number of carbonyl (C=O) groups is 1. The predicted octanol–water partition coefficient (Wildman–Crippen LogP) is 2.30. The van der Waals surface area contributed by atoms with Crippen molar-refractivity contribution in [1.82, 2.24) is 15.1 Å². The summed E-state index contributed by atoms with van der Waals surface area (Å²) in [5.41, 5.74) is 0. The highest BCUT2D eigenvalue weighted by atomic mass is 16.5. The number of carbonyl (C=O) groups excluding carboxylic acids is 1. The summed E-state index contributed by atoms with van der Waals surface area (Å²) in [6.45, 7) is 3.40. The topological polar surface area (TPSA) is 56.1 Å². The van der Waals surface area contributed by atoms with Gasteiger partial charge >= 0.3 is 0 Å². The molecule has 0 aromatic carbocycles. The van der Waals surface area contributed by atoms with Gasteiger partial charge in [0.1, 0.15) is 6.04 Å². The van der Waals surface area contributed by atoms with Crippen molar-refractivity contribution in [2.24, 2.45) is 0 Å². The molecule has 0 spiro atoms. The molecule has 1 fully saturated rings. The van der Waals surface area contributed by atoms with E-state index in [0.717, 1.165) is 19.4 Å². The summed E-state index contributed by atoms with van der Waals surface area (Å²) in [6.07, 6.45) is 10.6. The molecule has 1 aliphatic rings. The molecule has 2 rings (SSSR count). The van der Waals surface area contributed by atoms with Gasteiger partial charge in [-0.25, -0.2) is 0 Å². The van der Waals surface area contributed by atoms with E-state index in [9.17, 15) is 4.79 Å². The van der Waals surface area contributed by atoms with Crippen molar-refractivity contribution < 1.29 is 9.53 Å². The summed E-state index contributed by atoms with van der Waals surface area (Å²) in [5, 5.41) is 7.10. The number of aromatic nitrogens is 2. The van der Waals surface area contributed by atoms with Crippen LogP contribution in [-0.4, -0.2) is 34.9 Å². The Morgan fingerprint density at radius 1 is 1.50 bits per heavy atom. The van der Waals surface area contributed by atoms with E-state index in [1.54, 1.807) is 10.9 Å². The number of rotatable bonds is 8. The summed E-state index contributed by atoms with van der Waals surface area (Å²) in [4.78, 5) is 12.1. The van der Waals surface area contributed by atoms with E-state index in [1.165, 1.54) is 25.7 Å². The van der Waals surface area contributed by atoms with Crippen LogP contribution in [0.25, 0.3) is 0 Å². The van der Waals surface area contributed by atoms with Crippen LogP contribution in [0.3, 0.4) is 0 Å². The lowest BCUT2D eigenvalue weighted by molar-refractivity contribution is -0.124. The van der Waals surface area contributed by atoms with Gasteiger partial charge in [0.15, 0.2) is 0 Å². The molecule has 1 heterocycles. The number of hydrogen-bond donors (Lipinski definition) is 1. The van der Waals surface area contributed by atoms with Gasteiger partial charge in [-0.1, -0.05) is 19.8 Å². The zero-order chi connectivity index (χ0) is 14.2. The van der Waals surface area contributed by atoms with Gasteiger partial charge in [-0.2, -0.15) is 5.10 Å². The van der Waals surface area contributed by atoms with Crippen LogP contribution in [0.1, 0.15) is 51.5 Å². The summed E-state index contributed by atoms with van der Waals surface area (Å²) in [6, 6.07) is 1.63. The molecule has 1 amide bonds. The molecule has 1 aromatic heterocycles. The Morgan fingerprint density at radius 3 is 2.95 bits per heavy atom. The molecule has 20 heavy (non-hydrogen) atoms. The van der Waals surface area contributed by atoms with E-state index in [0.29, 0.717) is 12.6 Å². The second-order valence-corrected chi connectivity index (χ2v) is 5.33. The molecule has 1 aromatic rings. The zero-order valence-electron chi connectivity index (χ0n) is 12.3. The molecular formula is C15H25N3O2. The van der Waals surface area contributed by atoms with Crippen LogP contribution in [0.15, 0.2) is 18.5 Å². The first-order chi connectivity index (χ1) is 9.81.